The van der Waals surface area contributed by atoms with Crippen molar-refractivity contribution in [3.8, 4) is 22.6 Å². The van der Waals surface area contributed by atoms with Crippen LogP contribution >= 0.6 is 0 Å². The fourth-order valence-corrected chi connectivity index (χ4v) is 4.45. The van der Waals surface area contributed by atoms with Gasteiger partial charge in [-0.2, -0.15) is 0 Å². The van der Waals surface area contributed by atoms with Gasteiger partial charge in [-0.25, -0.2) is 4.39 Å². The van der Waals surface area contributed by atoms with Gasteiger partial charge in [-0.05, 0) is 76.4 Å². The van der Waals surface area contributed by atoms with Gasteiger partial charge in [0.05, 0.1) is 13.5 Å². The van der Waals surface area contributed by atoms with Gasteiger partial charge in [0.25, 0.3) is 0 Å². The van der Waals surface area contributed by atoms with Crippen LogP contribution in [0.15, 0.2) is 60.7 Å². The van der Waals surface area contributed by atoms with E-state index in [4.69, 9.17) is 9.47 Å². The lowest BCUT2D eigenvalue weighted by Crippen LogP contribution is -2.13. The van der Waals surface area contributed by atoms with Crippen molar-refractivity contribution < 1.29 is 23.8 Å². The van der Waals surface area contributed by atoms with Crippen LogP contribution in [0.3, 0.4) is 0 Å². The molecular weight excluding hydrogens is 455 g/mol. The van der Waals surface area contributed by atoms with E-state index in [0.29, 0.717) is 23.7 Å². The first-order valence-corrected chi connectivity index (χ1v) is 12.5. The highest BCUT2D eigenvalue weighted by Gasteiger charge is 2.21. The standard InChI is InChI=1S/C31H37FO4/c1-6-7-8-23(18-30(33)34)22-10-12-24(13-11-22)36-20-21-9-15-28(31(2,3)4)26(17-21)27-19-25(35-5)14-16-29(27)32/h9-17,19,23H,6-8,18,20H2,1-5H3,(H,33,34)/t23-/m0/s1. The minimum atomic E-state index is -0.779. The molecule has 0 saturated carbocycles. The third-order valence-electron chi connectivity index (χ3n) is 6.44. The summed E-state index contributed by atoms with van der Waals surface area (Å²) in [6, 6.07) is 18.5. The van der Waals surface area contributed by atoms with E-state index in [1.165, 1.54) is 6.07 Å². The molecule has 0 saturated heterocycles. The summed E-state index contributed by atoms with van der Waals surface area (Å²) in [6.07, 6.45) is 3.01. The number of carboxylic acids is 1. The van der Waals surface area contributed by atoms with Gasteiger partial charge in [0.1, 0.15) is 23.9 Å². The number of halogens is 1. The fourth-order valence-electron chi connectivity index (χ4n) is 4.45. The number of methoxy groups -OCH3 is 1. The Morgan fingerprint density at radius 1 is 0.972 bits per heavy atom. The highest BCUT2D eigenvalue weighted by Crippen LogP contribution is 2.37. The van der Waals surface area contributed by atoms with Crippen LogP contribution in [0.25, 0.3) is 11.1 Å². The molecule has 3 aromatic carbocycles. The number of hydrogen-bond acceptors (Lipinski definition) is 3. The van der Waals surface area contributed by atoms with Gasteiger partial charge in [-0.1, -0.05) is 64.8 Å². The van der Waals surface area contributed by atoms with Crippen molar-refractivity contribution in [2.75, 3.05) is 7.11 Å². The monoisotopic (exact) mass is 492 g/mol. The highest BCUT2D eigenvalue weighted by atomic mass is 19.1. The predicted molar refractivity (Wildman–Crippen MR) is 142 cm³/mol. The van der Waals surface area contributed by atoms with Gasteiger partial charge in [0.2, 0.25) is 0 Å². The molecule has 0 aromatic heterocycles. The highest BCUT2D eigenvalue weighted by molar-refractivity contribution is 5.71. The summed E-state index contributed by atoms with van der Waals surface area (Å²) in [6.45, 7) is 8.77. The molecule has 3 rings (SSSR count). The van der Waals surface area contributed by atoms with E-state index in [-0.39, 0.29) is 23.6 Å². The Hall–Kier alpha value is -3.34. The normalized spacial score (nSPS) is 12.3. The van der Waals surface area contributed by atoms with Crippen LogP contribution in [0.5, 0.6) is 11.5 Å². The topological polar surface area (TPSA) is 55.8 Å². The Bertz CT molecular complexity index is 1160. The number of benzene rings is 3. The third kappa shape index (κ3) is 7.09. The van der Waals surface area contributed by atoms with Crippen LogP contribution < -0.4 is 9.47 Å². The minimum absolute atomic E-state index is 0.00163. The predicted octanol–water partition coefficient (Wildman–Crippen LogP) is 8.13. The summed E-state index contributed by atoms with van der Waals surface area (Å²) >= 11 is 0. The summed E-state index contributed by atoms with van der Waals surface area (Å²) in [5.74, 6) is 0.236. The average molecular weight is 493 g/mol. The van der Waals surface area contributed by atoms with Gasteiger partial charge in [-0.15, -0.1) is 0 Å². The summed E-state index contributed by atoms with van der Waals surface area (Å²) in [5.41, 5.74) is 4.13. The maximum absolute atomic E-state index is 14.9. The lowest BCUT2D eigenvalue weighted by Gasteiger charge is -2.24. The van der Waals surface area contributed by atoms with E-state index in [0.717, 1.165) is 41.5 Å². The first kappa shape index (κ1) is 27.3. The molecule has 5 heteroatoms. The Labute approximate surface area is 214 Å². The third-order valence-corrected chi connectivity index (χ3v) is 6.44. The molecule has 0 aliphatic heterocycles. The van der Waals surface area contributed by atoms with Crippen molar-refractivity contribution >= 4 is 5.97 Å². The van der Waals surface area contributed by atoms with Crippen molar-refractivity contribution in [3.63, 3.8) is 0 Å². The minimum Gasteiger partial charge on any atom is -0.497 e. The maximum atomic E-state index is 14.9. The van der Waals surface area contributed by atoms with Crippen LogP contribution in [0, 0.1) is 5.82 Å². The molecule has 0 aliphatic carbocycles. The van der Waals surface area contributed by atoms with E-state index >= 15 is 0 Å². The zero-order chi connectivity index (χ0) is 26.3. The van der Waals surface area contributed by atoms with Gasteiger partial charge in [-0.3, -0.25) is 4.79 Å². The lowest BCUT2D eigenvalue weighted by molar-refractivity contribution is -0.137. The van der Waals surface area contributed by atoms with E-state index in [1.807, 2.05) is 42.5 Å². The number of carbonyl (C=O) groups is 1. The zero-order valence-corrected chi connectivity index (χ0v) is 21.9. The van der Waals surface area contributed by atoms with Crippen LogP contribution in [0.4, 0.5) is 4.39 Å². The van der Waals surface area contributed by atoms with Crippen LogP contribution in [0.2, 0.25) is 0 Å². The quantitative estimate of drug-likeness (QED) is 0.294. The first-order chi connectivity index (χ1) is 17.1. The average Bonchev–Trinajstić information content (AvgIpc) is 2.85. The van der Waals surface area contributed by atoms with Crippen molar-refractivity contribution in [2.45, 2.75) is 71.3 Å². The Morgan fingerprint density at radius 2 is 1.67 bits per heavy atom. The Balaban J connectivity index is 1.82. The second-order valence-corrected chi connectivity index (χ2v) is 10.3. The first-order valence-electron chi connectivity index (χ1n) is 12.5. The summed E-state index contributed by atoms with van der Waals surface area (Å²) in [4.78, 5) is 11.3. The Kier molecular flexibility index (Phi) is 9.14. The molecule has 0 heterocycles. The smallest absolute Gasteiger partial charge is 0.303 e. The molecule has 3 aromatic rings. The molecular formula is C31H37FO4. The summed E-state index contributed by atoms with van der Waals surface area (Å²) in [7, 11) is 1.57. The van der Waals surface area contributed by atoms with Crippen molar-refractivity contribution in [1.29, 1.82) is 0 Å². The summed E-state index contributed by atoms with van der Waals surface area (Å²) < 4.78 is 26.3. The van der Waals surface area contributed by atoms with Crippen LogP contribution in [-0.4, -0.2) is 18.2 Å². The second-order valence-electron chi connectivity index (χ2n) is 10.3. The molecule has 192 valence electrons. The van der Waals surface area contributed by atoms with Crippen LogP contribution in [-0.2, 0) is 16.8 Å². The maximum Gasteiger partial charge on any atom is 0.303 e. The van der Waals surface area contributed by atoms with E-state index in [9.17, 15) is 14.3 Å². The molecule has 0 spiro atoms. The van der Waals surface area contributed by atoms with Crippen molar-refractivity contribution in [2.24, 2.45) is 0 Å². The number of rotatable bonds is 11. The molecule has 0 radical (unpaired) electrons. The second kappa shape index (κ2) is 12.1. The van der Waals surface area contributed by atoms with E-state index in [1.54, 1.807) is 19.2 Å². The van der Waals surface area contributed by atoms with Gasteiger partial charge >= 0.3 is 5.97 Å². The molecule has 0 fully saturated rings. The number of carboxylic acid groups (broad SMARTS) is 1. The number of aliphatic carboxylic acids is 1. The molecule has 0 amide bonds. The fraction of sp³-hybridized carbons (Fsp3) is 0.387. The van der Waals surface area contributed by atoms with Crippen molar-refractivity contribution in [3.05, 3.63) is 83.2 Å². The van der Waals surface area contributed by atoms with Gasteiger partial charge in [0, 0.05) is 5.56 Å². The number of ether oxygens (including phenoxy) is 2. The van der Waals surface area contributed by atoms with Gasteiger partial charge in [0.15, 0.2) is 0 Å². The van der Waals surface area contributed by atoms with E-state index in [2.05, 4.69) is 27.7 Å². The molecule has 0 aliphatic rings. The molecule has 0 unspecified atom stereocenters. The Morgan fingerprint density at radius 3 is 2.28 bits per heavy atom. The molecule has 1 atom stereocenters. The number of hydrogen-bond donors (Lipinski definition) is 1. The molecule has 0 bridgehead atoms. The summed E-state index contributed by atoms with van der Waals surface area (Å²) in [5, 5.41) is 9.28. The SMILES string of the molecule is CCCC[C@@H](CC(=O)O)c1ccc(OCc2ccc(C(C)(C)C)c(-c3cc(OC)ccc3F)c2)cc1. The molecule has 36 heavy (non-hydrogen) atoms. The van der Waals surface area contributed by atoms with E-state index < -0.39 is 5.97 Å². The van der Waals surface area contributed by atoms with Crippen molar-refractivity contribution in [1.82, 2.24) is 0 Å². The molecule has 4 nitrogen and oxygen atoms in total. The molecule has 1 N–H and O–H groups in total. The number of unbranched alkanes of at least 4 members (excludes halogenated alkanes) is 1. The van der Waals surface area contributed by atoms with Crippen LogP contribution in [0.1, 0.15) is 76.0 Å². The zero-order valence-electron chi connectivity index (χ0n) is 21.9. The lowest BCUT2D eigenvalue weighted by atomic mass is 9.81. The largest absolute Gasteiger partial charge is 0.497 e. The van der Waals surface area contributed by atoms with Gasteiger partial charge < -0.3 is 14.6 Å².